The number of carbonyl (C=O) groups excluding carboxylic acids is 1. The molecule has 0 unspecified atom stereocenters. The summed E-state index contributed by atoms with van der Waals surface area (Å²) >= 11 is 1.73. The van der Waals surface area contributed by atoms with E-state index in [0.29, 0.717) is 13.0 Å². The first kappa shape index (κ1) is 14.1. The van der Waals surface area contributed by atoms with E-state index in [0.717, 1.165) is 13.0 Å². The number of aromatic nitrogens is 1. The number of hydrogen-bond donors (Lipinski definition) is 2. The summed E-state index contributed by atoms with van der Waals surface area (Å²) in [7, 11) is 0. The fourth-order valence-electron chi connectivity index (χ4n) is 1.40. The summed E-state index contributed by atoms with van der Waals surface area (Å²) in [5.41, 5.74) is 0. The number of thiazole rings is 1. The van der Waals surface area contributed by atoms with E-state index in [2.05, 4.69) is 22.5 Å². The van der Waals surface area contributed by atoms with Crippen molar-refractivity contribution in [1.29, 1.82) is 0 Å². The minimum absolute atomic E-state index is 0.103. The Morgan fingerprint density at radius 3 is 2.88 bits per heavy atom. The highest BCUT2D eigenvalue weighted by Gasteiger charge is 2.03. The summed E-state index contributed by atoms with van der Waals surface area (Å²) in [6.45, 7) is 7.54. The van der Waals surface area contributed by atoms with Gasteiger partial charge < -0.3 is 10.6 Å². The van der Waals surface area contributed by atoms with Gasteiger partial charge in [0, 0.05) is 36.6 Å². The van der Waals surface area contributed by atoms with Crippen LogP contribution in [0.3, 0.4) is 0 Å². The number of amides is 1. The van der Waals surface area contributed by atoms with Gasteiger partial charge in [-0.1, -0.05) is 6.92 Å². The van der Waals surface area contributed by atoms with Gasteiger partial charge in [-0.15, -0.1) is 11.3 Å². The van der Waals surface area contributed by atoms with E-state index >= 15 is 0 Å². The zero-order valence-corrected chi connectivity index (χ0v) is 11.6. The summed E-state index contributed by atoms with van der Waals surface area (Å²) in [6.07, 6.45) is 3.42. The minimum Gasteiger partial charge on any atom is -0.354 e. The maximum atomic E-state index is 11.4. The molecule has 0 saturated heterocycles. The van der Waals surface area contributed by atoms with Crippen LogP contribution >= 0.6 is 11.3 Å². The summed E-state index contributed by atoms with van der Waals surface area (Å²) in [4.78, 5) is 16.9. The fraction of sp³-hybridized carbons (Fsp3) is 0.667. The first-order valence-electron chi connectivity index (χ1n) is 6.05. The Labute approximate surface area is 107 Å². The molecule has 0 aromatic carbocycles. The number of hydrogen-bond acceptors (Lipinski definition) is 4. The Morgan fingerprint density at radius 2 is 2.29 bits per heavy atom. The van der Waals surface area contributed by atoms with Gasteiger partial charge in [0.05, 0.1) is 5.01 Å². The van der Waals surface area contributed by atoms with E-state index in [4.69, 9.17) is 0 Å². The Kier molecular flexibility index (Phi) is 6.15. The van der Waals surface area contributed by atoms with Crippen molar-refractivity contribution in [2.75, 3.05) is 6.54 Å². The number of nitrogens with one attached hydrogen (secondary N) is 2. The molecule has 5 heteroatoms. The maximum absolute atomic E-state index is 11.4. The van der Waals surface area contributed by atoms with Gasteiger partial charge in [0.2, 0.25) is 5.91 Å². The Balaban J connectivity index is 2.13. The highest BCUT2D eigenvalue weighted by Crippen LogP contribution is 2.12. The molecular weight excluding hydrogens is 234 g/mol. The van der Waals surface area contributed by atoms with Gasteiger partial charge in [-0.05, 0) is 20.3 Å². The number of aryl methyl sites for hydroxylation is 1. The fourth-order valence-corrected chi connectivity index (χ4v) is 2.23. The molecule has 1 aromatic heterocycles. The second kappa shape index (κ2) is 7.40. The Morgan fingerprint density at radius 1 is 1.53 bits per heavy atom. The Hall–Kier alpha value is -0.940. The zero-order valence-electron chi connectivity index (χ0n) is 10.7. The molecule has 0 fully saturated rings. The van der Waals surface area contributed by atoms with Crippen molar-refractivity contribution in [3.8, 4) is 0 Å². The van der Waals surface area contributed by atoms with Crippen molar-refractivity contribution in [3.05, 3.63) is 16.1 Å². The normalized spacial score (nSPS) is 10.8. The molecule has 0 radical (unpaired) electrons. The third-order valence-corrected chi connectivity index (χ3v) is 3.32. The van der Waals surface area contributed by atoms with Crippen molar-refractivity contribution in [2.24, 2.45) is 0 Å². The van der Waals surface area contributed by atoms with E-state index in [-0.39, 0.29) is 11.9 Å². The van der Waals surface area contributed by atoms with Crippen molar-refractivity contribution in [1.82, 2.24) is 15.6 Å². The van der Waals surface area contributed by atoms with Crippen molar-refractivity contribution in [3.63, 3.8) is 0 Å². The number of nitrogens with zero attached hydrogens (tertiary/aromatic N) is 1. The largest absolute Gasteiger partial charge is 0.354 e. The van der Waals surface area contributed by atoms with Crippen LogP contribution in [0, 0.1) is 0 Å². The molecule has 0 saturated carbocycles. The lowest BCUT2D eigenvalue weighted by Gasteiger charge is -2.08. The number of rotatable bonds is 7. The molecule has 0 bridgehead atoms. The summed E-state index contributed by atoms with van der Waals surface area (Å²) in [5.74, 6) is 0.103. The maximum Gasteiger partial charge on any atom is 0.221 e. The van der Waals surface area contributed by atoms with Crippen LogP contribution in [0.5, 0.6) is 0 Å². The average molecular weight is 255 g/mol. The lowest BCUT2D eigenvalue weighted by Crippen LogP contribution is -2.32. The predicted octanol–water partition coefficient (Wildman–Crippen LogP) is 1.71. The molecule has 0 aliphatic carbocycles. The van der Waals surface area contributed by atoms with Crippen LogP contribution in [0.4, 0.5) is 0 Å². The van der Waals surface area contributed by atoms with Crippen LogP contribution < -0.4 is 10.6 Å². The third kappa shape index (κ3) is 5.79. The number of carbonyl (C=O) groups is 1. The second-order valence-corrected chi connectivity index (χ2v) is 5.42. The van der Waals surface area contributed by atoms with E-state index < -0.39 is 0 Å². The Bertz CT molecular complexity index is 349. The van der Waals surface area contributed by atoms with Crippen LogP contribution in [0.15, 0.2) is 6.20 Å². The zero-order chi connectivity index (χ0) is 12.7. The molecule has 1 heterocycles. The summed E-state index contributed by atoms with van der Waals surface area (Å²) in [6, 6.07) is 0.219. The summed E-state index contributed by atoms with van der Waals surface area (Å²) < 4.78 is 0. The van der Waals surface area contributed by atoms with Crippen LogP contribution in [0.2, 0.25) is 0 Å². The molecular formula is C12H21N3OS. The molecule has 0 spiro atoms. The van der Waals surface area contributed by atoms with Gasteiger partial charge in [0.15, 0.2) is 0 Å². The molecule has 0 aliphatic heterocycles. The smallest absolute Gasteiger partial charge is 0.221 e. The van der Waals surface area contributed by atoms with Crippen LogP contribution in [-0.4, -0.2) is 23.5 Å². The summed E-state index contributed by atoms with van der Waals surface area (Å²) in [5, 5.41) is 7.28. The van der Waals surface area contributed by atoms with Crippen molar-refractivity contribution < 1.29 is 4.79 Å². The van der Waals surface area contributed by atoms with Gasteiger partial charge in [-0.25, -0.2) is 4.98 Å². The average Bonchev–Trinajstić information content (AvgIpc) is 2.71. The monoisotopic (exact) mass is 255 g/mol. The van der Waals surface area contributed by atoms with Gasteiger partial charge in [-0.2, -0.15) is 0 Å². The topological polar surface area (TPSA) is 54.0 Å². The molecule has 96 valence electrons. The highest BCUT2D eigenvalue weighted by molar-refractivity contribution is 7.11. The van der Waals surface area contributed by atoms with Crippen LogP contribution in [-0.2, 0) is 17.8 Å². The quantitative estimate of drug-likeness (QED) is 0.729. The lowest BCUT2D eigenvalue weighted by molar-refractivity contribution is -0.121. The molecule has 1 rings (SSSR count). The van der Waals surface area contributed by atoms with Gasteiger partial charge >= 0.3 is 0 Å². The second-order valence-electron chi connectivity index (χ2n) is 4.22. The van der Waals surface area contributed by atoms with E-state index in [1.165, 1.54) is 9.88 Å². The first-order chi connectivity index (χ1) is 8.11. The minimum atomic E-state index is 0.103. The molecule has 4 nitrogen and oxygen atoms in total. The SMILES string of the molecule is CCc1ncc(CNCCC(=O)NC(C)C)s1. The molecule has 0 atom stereocenters. The van der Waals surface area contributed by atoms with Gasteiger partial charge in [0.1, 0.15) is 0 Å². The van der Waals surface area contributed by atoms with E-state index in [1.807, 2.05) is 20.0 Å². The standard InChI is InChI=1S/C12H21N3OS/c1-4-12-14-8-10(17-12)7-13-6-5-11(16)15-9(2)3/h8-9,13H,4-7H2,1-3H3,(H,15,16). The predicted molar refractivity (Wildman–Crippen MR) is 71.1 cm³/mol. The lowest BCUT2D eigenvalue weighted by atomic mass is 10.3. The first-order valence-corrected chi connectivity index (χ1v) is 6.87. The molecule has 17 heavy (non-hydrogen) atoms. The van der Waals surface area contributed by atoms with Crippen molar-refractivity contribution >= 4 is 17.2 Å². The molecule has 1 amide bonds. The molecule has 1 aromatic rings. The highest BCUT2D eigenvalue weighted by atomic mass is 32.1. The van der Waals surface area contributed by atoms with E-state index in [9.17, 15) is 4.79 Å². The van der Waals surface area contributed by atoms with Crippen LogP contribution in [0.1, 0.15) is 37.1 Å². The van der Waals surface area contributed by atoms with Crippen molar-refractivity contribution in [2.45, 2.75) is 46.2 Å². The van der Waals surface area contributed by atoms with Gasteiger partial charge in [0.25, 0.3) is 0 Å². The van der Waals surface area contributed by atoms with Crippen LogP contribution in [0.25, 0.3) is 0 Å². The van der Waals surface area contributed by atoms with Gasteiger partial charge in [-0.3, -0.25) is 4.79 Å². The molecule has 2 N–H and O–H groups in total. The van der Waals surface area contributed by atoms with E-state index in [1.54, 1.807) is 11.3 Å². The molecule has 0 aliphatic rings. The third-order valence-electron chi connectivity index (χ3n) is 2.18.